The SMILES string of the molecule is Cc1cc(C(=O)Nc2cccc(S(=O)(=O)F)c2)c(C(F)(F)F)o1. The van der Waals surface area contributed by atoms with E-state index in [1.54, 1.807) is 0 Å². The molecule has 0 atom stereocenters. The van der Waals surface area contributed by atoms with Gasteiger partial charge in [0.15, 0.2) is 0 Å². The van der Waals surface area contributed by atoms with Crippen LogP contribution in [0.5, 0.6) is 0 Å². The lowest BCUT2D eigenvalue weighted by Crippen LogP contribution is -2.17. The minimum absolute atomic E-state index is 0.123. The fraction of sp³-hybridized carbons (Fsp3) is 0.154. The molecule has 1 amide bonds. The van der Waals surface area contributed by atoms with Gasteiger partial charge in [0.1, 0.15) is 10.7 Å². The van der Waals surface area contributed by atoms with Gasteiger partial charge >= 0.3 is 16.4 Å². The van der Waals surface area contributed by atoms with Gasteiger partial charge in [-0.15, -0.1) is 3.89 Å². The van der Waals surface area contributed by atoms with Gasteiger partial charge in [-0.1, -0.05) is 6.07 Å². The van der Waals surface area contributed by atoms with E-state index in [1.165, 1.54) is 13.0 Å². The normalized spacial score (nSPS) is 12.2. The summed E-state index contributed by atoms with van der Waals surface area (Å²) in [7, 11) is -5.00. The predicted molar refractivity (Wildman–Crippen MR) is 71.1 cm³/mol. The number of alkyl halides is 3. The molecule has 0 spiro atoms. The summed E-state index contributed by atoms with van der Waals surface area (Å²) >= 11 is 0. The van der Waals surface area contributed by atoms with Crippen LogP contribution in [0, 0.1) is 6.92 Å². The Hall–Kier alpha value is -2.36. The van der Waals surface area contributed by atoms with E-state index in [2.05, 4.69) is 9.73 Å². The number of carbonyl (C=O) groups is 1. The van der Waals surface area contributed by atoms with Crippen LogP contribution in [0.4, 0.5) is 22.7 Å². The Kier molecular flexibility index (Phi) is 4.20. The molecule has 10 heteroatoms. The fourth-order valence-electron chi connectivity index (χ4n) is 1.82. The highest BCUT2D eigenvalue weighted by Crippen LogP contribution is 2.34. The van der Waals surface area contributed by atoms with Crippen LogP contribution in [0.3, 0.4) is 0 Å². The molecule has 23 heavy (non-hydrogen) atoms. The largest absolute Gasteiger partial charge is 0.456 e. The molecule has 124 valence electrons. The third-order valence-corrected chi connectivity index (χ3v) is 3.55. The van der Waals surface area contributed by atoms with E-state index >= 15 is 0 Å². The molecule has 0 fully saturated rings. The minimum Gasteiger partial charge on any atom is -0.456 e. The van der Waals surface area contributed by atoms with E-state index < -0.39 is 38.5 Å². The summed E-state index contributed by atoms with van der Waals surface area (Å²) in [6.07, 6.45) is -4.87. The van der Waals surface area contributed by atoms with Gasteiger partial charge in [-0.25, -0.2) is 0 Å². The van der Waals surface area contributed by atoms with Crippen LogP contribution < -0.4 is 5.32 Å². The molecule has 1 aromatic heterocycles. The molecule has 1 aromatic carbocycles. The number of carbonyl (C=O) groups excluding carboxylic acids is 1. The number of nitrogens with one attached hydrogen (secondary N) is 1. The molecule has 0 unspecified atom stereocenters. The number of aryl methyl sites for hydroxylation is 1. The van der Waals surface area contributed by atoms with Crippen molar-refractivity contribution in [2.75, 3.05) is 5.32 Å². The molecule has 2 aromatic rings. The molecule has 0 aliphatic rings. The molecule has 0 radical (unpaired) electrons. The van der Waals surface area contributed by atoms with Crippen molar-refractivity contribution in [3.8, 4) is 0 Å². The molecular weight excluding hydrogens is 342 g/mol. The molecule has 0 bridgehead atoms. The van der Waals surface area contributed by atoms with Crippen molar-refractivity contribution in [3.63, 3.8) is 0 Å². The number of furan rings is 1. The smallest absolute Gasteiger partial charge is 0.450 e. The highest BCUT2D eigenvalue weighted by atomic mass is 32.3. The molecule has 0 aliphatic carbocycles. The van der Waals surface area contributed by atoms with Crippen molar-refractivity contribution >= 4 is 21.8 Å². The first kappa shape index (κ1) is 17.0. The molecule has 1 heterocycles. The van der Waals surface area contributed by atoms with Crippen molar-refractivity contribution < 1.29 is 34.7 Å². The van der Waals surface area contributed by atoms with Crippen LogP contribution in [0.1, 0.15) is 21.9 Å². The molecule has 1 N–H and O–H groups in total. The van der Waals surface area contributed by atoms with Crippen LogP contribution >= 0.6 is 0 Å². The van der Waals surface area contributed by atoms with Gasteiger partial charge in [-0.2, -0.15) is 21.6 Å². The van der Waals surface area contributed by atoms with Crippen LogP contribution in [-0.2, 0) is 16.4 Å². The topological polar surface area (TPSA) is 76.4 Å². The molecule has 0 saturated heterocycles. The van der Waals surface area contributed by atoms with Crippen LogP contribution in [0.2, 0.25) is 0 Å². The van der Waals surface area contributed by atoms with E-state index in [4.69, 9.17) is 0 Å². The first-order valence-corrected chi connectivity index (χ1v) is 7.40. The van der Waals surface area contributed by atoms with Crippen molar-refractivity contribution in [1.82, 2.24) is 0 Å². The summed E-state index contributed by atoms with van der Waals surface area (Å²) in [5.74, 6) is -2.76. The zero-order valence-corrected chi connectivity index (χ0v) is 12.3. The average Bonchev–Trinajstić information content (AvgIpc) is 2.80. The predicted octanol–water partition coefficient (Wildman–Crippen LogP) is 3.52. The van der Waals surface area contributed by atoms with Gasteiger partial charge in [-0.3, -0.25) is 4.79 Å². The van der Waals surface area contributed by atoms with E-state index in [-0.39, 0.29) is 11.4 Å². The number of amides is 1. The lowest BCUT2D eigenvalue weighted by Gasteiger charge is -2.08. The zero-order chi connectivity index (χ0) is 17.4. The Morgan fingerprint density at radius 3 is 2.43 bits per heavy atom. The summed E-state index contributed by atoms with van der Waals surface area (Å²) in [4.78, 5) is 11.2. The number of hydrogen-bond donors (Lipinski definition) is 1. The van der Waals surface area contributed by atoms with Gasteiger partial charge in [0, 0.05) is 5.69 Å². The minimum atomic E-state index is -5.00. The Morgan fingerprint density at radius 2 is 1.87 bits per heavy atom. The summed E-state index contributed by atoms with van der Waals surface area (Å²) < 4.78 is 77.3. The number of hydrogen-bond acceptors (Lipinski definition) is 4. The number of benzene rings is 1. The number of halogens is 4. The summed E-state index contributed by atoms with van der Waals surface area (Å²) in [6, 6.07) is 4.95. The second-order valence-electron chi connectivity index (χ2n) is 4.52. The Labute approximate surface area is 128 Å². The molecule has 2 rings (SSSR count). The lowest BCUT2D eigenvalue weighted by atomic mass is 10.2. The van der Waals surface area contributed by atoms with Crippen molar-refractivity contribution in [2.24, 2.45) is 0 Å². The maximum absolute atomic E-state index is 12.9. The molecular formula is C13H9F4NO4S. The highest BCUT2D eigenvalue weighted by molar-refractivity contribution is 7.86. The second-order valence-corrected chi connectivity index (χ2v) is 5.86. The summed E-state index contributed by atoms with van der Waals surface area (Å²) in [5, 5.41) is 2.07. The van der Waals surface area contributed by atoms with Gasteiger partial charge in [0.05, 0.1) is 5.56 Å². The third-order valence-electron chi connectivity index (χ3n) is 2.73. The zero-order valence-electron chi connectivity index (χ0n) is 11.4. The van der Waals surface area contributed by atoms with Crippen molar-refractivity contribution in [3.05, 3.63) is 47.4 Å². The van der Waals surface area contributed by atoms with Crippen molar-refractivity contribution in [2.45, 2.75) is 18.0 Å². The van der Waals surface area contributed by atoms with E-state index in [1.807, 2.05) is 0 Å². The first-order valence-electron chi connectivity index (χ1n) is 6.02. The van der Waals surface area contributed by atoms with Gasteiger partial charge in [0.2, 0.25) is 5.76 Å². The first-order chi connectivity index (χ1) is 10.5. The summed E-state index contributed by atoms with van der Waals surface area (Å²) in [5.41, 5.74) is -0.941. The van der Waals surface area contributed by atoms with Gasteiger partial charge in [-0.05, 0) is 31.2 Å². The van der Waals surface area contributed by atoms with Crippen LogP contribution in [0.15, 0.2) is 39.6 Å². The quantitative estimate of drug-likeness (QED) is 0.678. The maximum atomic E-state index is 12.9. The van der Waals surface area contributed by atoms with Crippen LogP contribution in [0.25, 0.3) is 0 Å². The van der Waals surface area contributed by atoms with E-state index in [0.29, 0.717) is 0 Å². The maximum Gasteiger partial charge on any atom is 0.450 e. The fourth-order valence-corrected chi connectivity index (χ4v) is 2.33. The average molecular weight is 351 g/mol. The van der Waals surface area contributed by atoms with E-state index in [9.17, 15) is 30.3 Å². The van der Waals surface area contributed by atoms with Crippen molar-refractivity contribution in [1.29, 1.82) is 0 Å². The van der Waals surface area contributed by atoms with Gasteiger partial charge in [0.25, 0.3) is 5.91 Å². The molecule has 0 saturated carbocycles. The standard InChI is InChI=1S/C13H9F4NO4S/c1-7-5-10(11(22-7)13(14,15)16)12(19)18-8-3-2-4-9(6-8)23(17,20)21/h2-6H,1H3,(H,18,19). The Balaban J connectivity index is 2.34. The Morgan fingerprint density at radius 1 is 1.22 bits per heavy atom. The third kappa shape index (κ3) is 3.89. The monoisotopic (exact) mass is 351 g/mol. The summed E-state index contributed by atoms with van der Waals surface area (Å²) in [6.45, 7) is 1.24. The second kappa shape index (κ2) is 5.69. The number of anilines is 1. The highest BCUT2D eigenvalue weighted by Gasteiger charge is 2.40. The van der Waals surface area contributed by atoms with Crippen LogP contribution in [-0.4, -0.2) is 14.3 Å². The lowest BCUT2D eigenvalue weighted by molar-refractivity contribution is -0.153. The molecule has 5 nitrogen and oxygen atoms in total. The Bertz CT molecular complexity index is 855. The number of rotatable bonds is 3. The van der Waals surface area contributed by atoms with Gasteiger partial charge < -0.3 is 9.73 Å². The van der Waals surface area contributed by atoms with E-state index in [0.717, 1.165) is 24.3 Å². The molecule has 0 aliphatic heterocycles.